The summed E-state index contributed by atoms with van der Waals surface area (Å²) in [6, 6.07) is 0.685. The van der Waals surface area contributed by atoms with Crippen LogP contribution in [0.25, 0.3) is 0 Å². The lowest BCUT2D eigenvalue weighted by Gasteiger charge is -2.02. The number of alkyl halides is 1. The molecule has 0 aromatic rings. The number of allylic oxidation sites excluding steroid dienone is 1. The first-order valence-corrected chi connectivity index (χ1v) is 8.60. The van der Waals surface area contributed by atoms with E-state index in [1.807, 2.05) is 27.8 Å². The molecule has 1 nitrogen and oxygen atoms in total. The largest absolute Gasteiger partial charge is 0.317 e. The molecule has 140 valence electrons. The fourth-order valence-electron chi connectivity index (χ4n) is 0.204. The van der Waals surface area contributed by atoms with Crippen molar-refractivity contribution in [1.29, 1.82) is 0 Å². The molecule has 22 heavy (non-hydrogen) atoms. The maximum absolute atomic E-state index is 10.3. The van der Waals surface area contributed by atoms with Gasteiger partial charge in [0.15, 0.2) is 0 Å². The molecule has 1 unspecified atom stereocenters. The standard InChI is InChI=1S/C5H13N.2C3H8.C3H6.C2H5F.C2H6.C2H2/c1-4-5(2)6-3;3*1-3-2;1-2-3;2*1-2/h5-6H,4H2,1-3H3;2*3H2,1-2H3;3H,1H2,2H3;2H2,1H3;1-2H3;1-2H. The fraction of sp³-hybridized carbons (Fsp3) is 0.800. The number of rotatable bonds is 2. The van der Waals surface area contributed by atoms with Crippen molar-refractivity contribution in [2.45, 2.75) is 94.5 Å². The second kappa shape index (κ2) is 111. The van der Waals surface area contributed by atoms with Gasteiger partial charge in [-0.05, 0) is 34.2 Å². The Morgan fingerprint density at radius 1 is 1.00 bits per heavy atom. The second-order valence-corrected chi connectivity index (χ2v) is 3.69. The lowest BCUT2D eigenvalue weighted by atomic mass is 10.3. The zero-order valence-corrected chi connectivity index (χ0v) is 17.7. The van der Waals surface area contributed by atoms with Gasteiger partial charge in [-0.3, -0.25) is 4.39 Å². The summed E-state index contributed by atoms with van der Waals surface area (Å²) >= 11 is 0. The monoisotopic (exact) mass is 321 g/mol. The molecule has 1 atom stereocenters. The van der Waals surface area contributed by atoms with Gasteiger partial charge in [0.05, 0.1) is 6.67 Å². The smallest absolute Gasteiger partial charge is 0.0866 e. The van der Waals surface area contributed by atoms with E-state index >= 15 is 0 Å². The lowest BCUT2D eigenvalue weighted by molar-refractivity contribution is 0.527. The molecule has 2 heteroatoms. The van der Waals surface area contributed by atoms with E-state index in [0.29, 0.717) is 6.04 Å². The lowest BCUT2D eigenvalue weighted by Crippen LogP contribution is -2.19. The summed E-state index contributed by atoms with van der Waals surface area (Å²) in [5, 5.41) is 3.11. The van der Waals surface area contributed by atoms with Gasteiger partial charge >= 0.3 is 0 Å². The van der Waals surface area contributed by atoms with E-state index in [0.717, 1.165) is 0 Å². The van der Waals surface area contributed by atoms with Gasteiger partial charge in [-0.1, -0.05) is 67.4 Å². The highest BCUT2D eigenvalue weighted by molar-refractivity contribution is 4.51. The van der Waals surface area contributed by atoms with Crippen LogP contribution in [0, 0.1) is 12.8 Å². The van der Waals surface area contributed by atoms with Crippen LogP contribution in [0.15, 0.2) is 12.7 Å². The minimum absolute atomic E-state index is 0.250. The minimum Gasteiger partial charge on any atom is -0.317 e. The second-order valence-electron chi connectivity index (χ2n) is 3.69. The molecule has 0 aromatic carbocycles. The highest BCUT2D eigenvalue weighted by atomic mass is 19.1. The van der Waals surface area contributed by atoms with Crippen molar-refractivity contribution in [1.82, 2.24) is 5.32 Å². The van der Waals surface area contributed by atoms with E-state index in [4.69, 9.17) is 0 Å². The summed E-state index contributed by atoms with van der Waals surface area (Å²) in [7, 11) is 1.98. The highest BCUT2D eigenvalue weighted by Crippen LogP contribution is 1.82. The molecule has 0 amide bonds. The maximum atomic E-state index is 10.3. The van der Waals surface area contributed by atoms with Crippen LogP contribution >= 0.6 is 0 Å². The molecule has 0 aliphatic heterocycles. The third-order valence-corrected chi connectivity index (χ3v) is 1.11. The van der Waals surface area contributed by atoms with Gasteiger partial charge in [0, 0.05) is 6.04 Å². The third kappa shape index (κ3) is 624. The average Bonchev–Trinajstić information content (AvgIpc) is 2.53. The van der Waals surface area contributed by atoms with Crippen LogP contribution in [-0.4, -0.2) is 19.8 Å². The van der Waals surface area contributed by atoms with Gasteiger partial charge in [0.1, 0.15) is 0 Å². The van der Waals surface area contributed by atoms with Crippen LogP contribution in [-0.2, 0) is 0 Å². The number of terminal acetylenes is 1. The van der Waals surface area contributed by atoms with Crippen molar-refractivity contribution in [3.8, 4) is 12.8 Å². The topological polar surface area (TPSA) is 12.0 Å². The molecule has 0 rings (SSSR count). The van der Waals surface area contributed by atoms with Gasteiger partial charge in [-0.15, -0.1) is 19.4 Å². The zero-order valence-electron chi connectivity index (χ0n) is 17.7. The van der Waals surface area contributed by atoms with Crippen LogP contribution in [0.2, 0.25) is 0 Å². The van der Waals surface area contributed by atoms with Crippen LogP contribution in [0.1, 0.15) is 88.5 Å². The summed E-state index contributed by atoms with van der Waals surface area (Å²) in [5.41, 5.74) is 0. The molecule has 0 bridgehead atoms. The molecule has 0 aliphatic carbocycles. The van der Waals surface area contributed by atoms with E-state index in [-0.39, 0.29) is 6.67 Å². The SMILES string of the molecule is C#C.C=CC.CC.CCC.CCC.CCC(C)NC.CCF. The Morgan fingerprint density at radius 2 is 1.14 bits per heavy atom. The molecule has 0 heterocycles. The first kappa shape index (κ1) is 42.9. The van der Waals surface area contributed by atoms with Gasteiger partial charge in [0.2, 0.25) is 0 Å². The Morgan fingerprint density at radius 3 is 1.14 bits per heavy atom. The fourth-order valence-corrected chi connectivity index (χ4v) is 0.204. The first-order valence-electron chi connectivity index (χ1n) is 8.60. The summed E-state index contributed by atoms with van der Waals surface area (Å²) in [5.74, 6) is 0. The van der Waals surface area contributed by atoms with Crippen molar-refractivity contribution >= 4 is 0 Å². The van der Waals surface area contributed by atoms with E-state index in [1.165, 1.54) is 26.2 Å². The van der Waals surface area contributed by atoms with Crippen molar-refractivity contribution in [3.05, 3.63) is 12.7 Å². The molecule has 0 aliphatic rings. The van der Waals surface area contributed by atoms with Crippen molar-refractivity contribution < 1.29 is 4.39 Å². The highest BCUT2D eigenvalue weighted by Gasteiger charge is 1.86. The number of hydrogen-bond donors (Lipinski definition) is 1. The van der Waals surface area contributed by atoms with Gasteiger partial charge in [-0.2, -0.15) is 0 Å². The van der Waals surface area contributed by atoms with E-state index in [1.54, 1.807) is 6.08 Å². The minimum atomic E-state index is -0.250. The van der Waals surface area contributed by atoms with Gasteiger partial charge < -0.3 is 5.32 Å². The summed E-state index contributed by atoms with van der Waals surface area (Å²) in [6.07, 6.45) is 13.5. The van der Waals surface area contributed by atoms with Crippen LogP contribution in [0.4, 0.5) is 4.39 Å². The summed E-state index contributed by atoms with van der Waals surface area (Å²) in [4.78, 5) is 0. The van der Waals surface area contributed by atoms with Crippen molar-refractivity contribution in [2.24, 2.45) is 0 Å². The quantitative estimate of drug-likeness (QED) is 0.416. The first-order chi connectivity index (χ1) is 10.5. The van der Waals surface area contributed by atoms with Crippen LogP contribution in [0.3, 0.4) is 0 Å². The Kier molecular flexibility index (Phi) is 216. The third-order valence-electron chi connectivity index (χ3n) is 1.11. The summed E-state index contributed by atoms with van der Waals surface area (Å²) < 4.78 is 10.3. The molecule has 0 aromatic heterocycles. The van der Waals surface area contributed by atoms with Crippen LogP contribution in [0.5, 0.6) is 0 Å². The van der Waals surface area contributed by atoms with Crippen molar-refractivity contribution in [2.75, 3.05) is 13.7 Å². The summed E-state index contributed by atoms with van der Waals surface area (Å²) in [6.45, 7) is 23.3. The predicted molar refractivity (Wildman–Crippen MR) is 110 cm³/mol. The molecule has 0 radical (unpaired) electrons. The zero-order chi connectivity index (χ0) is 19.8. The average molecular weight is 322 g/mol. The van der Waals surface area contributed by atoms with E-state index < -0.39 is 0 Å². The number of nitrogens with one attached hydrogen (secondary N) is 1. The Labute approximate surface area is 144 Å². The molecule has 0 fully saturated rings. The molecule has 0 saturated carbocycles. The molecule has 1 N–H and O–H groups in total. The Hall–Kier alpha value is -0.810. The molecule has 0 spiro atoms. The van der Waals surface area contributed by atoms with Crippen molar-refractivity contribution in [3.63, 3.8) is 0 Å². The molecular formula is C20H48FN. The van der Waals surface area contributed by atoms with Gasteiger partial charge in [0.25, 0.3) is 0 Å². The van der Waals surface area contributed by atoms with E-state index in [2.05, 4.69) is 66.3 Å². The Balaban J connectivity index is -0.0000000250. The van der Waals surface area contributed by atoms with Gasteiger partial charge in [-0.25, -0.2) is 0 Å². The Bertz CT molecular complexity index is 103. The maximum Gasteiger partial charge on any atom is 0.0866 e. The molecule has 0 saturated heterocycles. The normalized spacial score (nSPS) is 7.36. The number of halogens is 1. The number of hydrogen-bond acceptors (Lipinski definition) is 1. The predicted octanol–water partition coefficient (Wildman–Crippen LogP) is 7.28. The van der Waals surface area contributed by atoms with E-state index in [9.17, 15) is 4.39 Å². The molecular weight excluding hydrogens is 273 g/mol. The van der Waals surface area contributed by atoms with Crippen LogP contribution < -0.4 is 5.32 Å².